The van der Waals surface area contributed by atoms with Gasteiger partial charge in [0, 0.05) is 18.8 Å². The molecule has 4 N–H and O–H groups in total. The third kappa shape index (κ3) is 3.00. The average molecular weight is 355 g/mol. The van der Waals surface area contributed by atoms with E-state index in [-0.39, 0.29) is 6.04 Å². The number of anilines is 1. The summed E-state index contributed by atoms with van der Waals surface area (Å²) in [5.41, 5.74) is 16.6. The maximum atomic E-state index is 6.40. The number of benzene rings is 1. The van der Waals surface area contributed by atoms with Crippen LogP contribution in [0.5, 0.6) is 0 Å². The lowest BCUT2D eigenvalue weighted by molar-refractivity contribution is 0.122. The van der Waals surface area contributed by atoms with E-state index < -0.39 is 0 Å². The van der Waals surface area contributed by atoms with Gasteiger partial charge in [0.05, 0.1) is 30.3 Å². The summed E-state index contributed by atoms with van der Waals surface area (Å²) in [5, 5.41) is 8.57. The fraction of sp³-hybridized carbons (Fsp3) is 0.500. The highest BCUT2D eigenvalue weighted by Crippen LogP contribution is 2.27. The molecule has 1 aliphatic rings. The standard InChI is InChI=1S/C18H25N7O/c1-12-22-23-18-17(14(20)3-2-6-19)21-15-11-13(4-5-16(15)25(12)18)24-7-9-26-10-8-24/h4-5,11,14H,2-3,6-10,19-20H2,1H3. The normalized spacial score (nSPS) is 16.5. The molecule has 1 aliphatic heterocycles. The second-order valence-corrected chi connectivity index (χ2v) is 6.71. The Labute approximate surface area is 152 Å². The molecular weight excluding hydrogens is 330 g/mol. The largest absolute Gasteiger partial charge is 0.378 e. The van der Waals surface area contributed by atoms with Crippen molar-refractivity contribution < 1.29 is 4.74 Å². The highest BCUT2D eigenvalue weighted by atomic mass is 16.5. The van der Waals surface area contributed by atoms with Crippen LogP contribution in [0.15, 0.2) is 18.2 Å². The summed E-state index contributed by atoms with van der Waals surface area (Å²) in [5.74, 6) is 0.832. The Balaban J connectivity index is 1.84. The van der Waals surface area contributed by atoms with Crippen LogP contribution in [-0.4, -0.2) is 52.4 Å². The highest BCUT2D eigenvalue weighted by Gasteiger charge is 2.19. The average Bonchev–Trinajstić information content (AvgIpc) is 3.07. The first kappa shape index (κ1) is 17.1. The van der Waals surface area contributed by atoms with E-state index >= 15 is 0 Å². The molecule has 0 saturated carbocycles. The van der Waals surface area contributed by atoms with Crippen LogP contribution in [0.25, 0.3) is 16.7 Å². The predicted molar refractivity (Wildman–Crippen MR) is 101 cm³/mol. The van der Waals surface area contributed by atoms with Crippen LogP contribution in [0.4, 0.5) is 5.69 Å². The van der Waals surface area contributed by atoms with Crippen LogP contribution in [0.2, 0.25) is 0 Å². The molecule has 2 aromatic heterocycles. The van der Waals surface area contributed by atoms with Crippen molar-refractivity contribution in [1.29, 1.82) is 0 Å². The molecule has 4 rings (SSSR count). The van der Waals surface area contributed by atoms with E-state index in [2.05, 4.69) is 33.3 Å². The third-order valence-corrected chi connectivity index (χ3v) is 4.94. The van der Waals surface area contributed by atoms with Crippen LogP contribution in [-0.2, 0) is 4.74 Å². The number of fused-ring (bicyclic) bond motifs is 3. The summed E-state index contributed by atoms with van der Waals surface area (Å²) >= 11 is 0. The van der Waals surface area contributed by atoms with Crippen molar-refractivity contribution in [2.45, 2.75) is 25.8 Å². The molecule has 1 saturated heterocycles. The number of morpholine rings is 1. The molecule has 1 atom stereocenters. The van der Waals surface area contributed by atoms with Crippen molar-refractivity contribution in [2.75, 3.05) is 37.7 Å². The number of nitrogens with zero attached hydrogens (tertiary/aromatic N) is 5. The molecule has 138 valence electrons. The Morgan fingerprint density at radius 3 is 2.81 bits per heavy atom. The van der Waals surface area contributed by atoms with Gasteiger partial charge in [0.1, 0.15) is 11.5 Å². The summed E-state index contributed by atoms with van der Waals surface area (Å²) in [4.78, 5) is 7.20. The van der Waals surface area contributed by atoms with Crippen LogP contribution in [0.3, 0.4) is 0 Å². The number of rotatable bonds is 5. The van der Waals surface area contributed by atoms with Gasteiger partial charge >= 0.3 is 0 Å². The maximum absolute atomic E-state index is 6.40. The first-order valence-corrected chi connectivity index (χ1v) is 9.13. The van der Waals surface area contributed by atoms with Crippen molar-refractivity contribution in [3.8, 4) is 0 Å². The zero-order valence-electron chi connectivity index (χ0n) is 15.1. The molecule has 0 spiro atoms. The van der Waals surface area contributed by atoms with Crippen LogP contribution < -0.4 is 16.4 Å². The molecule has 1 unspecified atom stereocenters. The Bertz CT molecular complexity index is 917. The number of hydrogen-bond donors (Lipinski definition) is 2. The molecule has 8 heteroatoms. The van der Waals surface area contributed by atoms with E-state index in [1.54, 1.807) is 0 Å². The molecule has 1 aromatic carbocycles. The summed E-state index contributed by atoms with van der Waals surface area (Å²) in [6, 6.07) is 6.13. The lowest BCUT2D eigenvalue weighted by Gasteiger charge is -2.29. The van der Waals surface area contributed by atoms with Gasteiger partial charge in [-0.2, -0.15) is 0 Å². The Kier molecular flexibility index (Phi) is 4.71. The predicted octanol–water partition coefficient (Wildman–Crippen LogP) is 1.16. The van der Waals surface area contributed by atoms with Crippen LogP contribution >= 0.6 is 0 Å². The highest BCUT2D eigenvalue weighted by molar-refractivity contribution is 5.82. The lowest BCUT2D eigenvalue weighted by Crippen LogP contribution is -2.36. The van der Waals surface area contributed by atoms with Crippen molar-refractivity contribution in [3.63, 3.8) is 0 Å². The third-order valence-electron chi connectivity index (χ3n) is 4.94. The van der Waals surface area contributed by atoms with Crippen LogP contribution in [0, 0.1) is 6.92 Å². The van der Waals surface area contributed by atoms with Gasteiger partial charge in [0.25, 0.3) is 0 Å². The zero-order valence-corrected chi connectivity index (χ0v) is 15.1. The van der Waals surface area contributed by atoms with E-state index in [1.165, 1.54) is 0 Å². The van der Waals surface area contributed by atoms with Crippen LogP contribution in [0.1, 0.15) is 30.4 Å². The van der Waals surface area contributed by atoms with Gasteiger partial charge in [-0.3, -0.25) is 4.40 Å². The Hall–Kier alpha value is -2.29. The zero-order chi connectivity index (χ0) is 18.1. The number of aromatic nitrogens is 4. The molecule has 8 nitrogen and oxygen atoms in total. The molecule has 0 amide bonds. The van der Waals surface area contributed by atoms with Crippen molar-refractivity contribution in [1.82, 2.24) is 19.6 Å². The minimum atomic E-state index is -0.207. The summed E-state index contributed by atoms with van der Waals surface area (Å²) in [6.45, 7) is 5.86. The summed E-state index contributed by atoms with van der Waals surface area (Å²) < 4.78 is 7.50. The fourth-order valence-corrected chi connectivity index (χ4v) is 3.53. The Morgan fingerprint density at radius 1 is 1.23 bits per heavy atom. The van der Waals surface area contributed by atoms with E-state index in [1.807, 2.05) is 11.3 Å². The van der Waals surface area contributed by atoms with Gasteiger partial charge in [-0.25, -0.2) is 4.98 Å². The van der Waals surface area contributed by atoms with Gasteiger partial charge in [0.2, 0.25) is 0 Å². The topological polar surface area (TPSA) is 108 Å². The molecular formula is C18H25N7O. The minimum Gasteiger partial charge on any atom is -0.378 e. The quantitative estimate of drug-likeness (QED) is 0.707. The summed E-state index contributed by atoms with van der Waals surface area (Å²) in [7, 11) is 0. The monoisotopic (exact) mass is 355 g/mol. The maximum Gasteiger partial charge on any atom is 0.184 e. The van der Waals surface area contributed by atoms with Gasteiger partial charge in [0.15, 0.2) is 5.65 Å². The molecule has 0 bridgehead atoms. The second-order valence-electron chi connectivity index (χ2n) is 6.71. The van der Waals surface area contributed by atoms with Crippen molar-refractivity contribution in [2.24, 2.45) is 11.5 Å². The fourth-order valence-electron chi connectivity index (χ4n) is 3.53. The number of nitrogens with two attached hydrogens (primary N) is 2. The van der Waals surface area contributed by atoms with Gasteiger partial charge in [-0.15, -0.1) is 10.2 Å². The minimum absolute atomic E-state index is 0.207. The molecule has 0 radical (unpaired) electrons. The Morgan fingerprint density at radius 2 is 2.04 bits per heavy atom. The number of hydrogen-bond acceptors (Lipinski definition) is 7. The van der Waals surface area contributed by atoms with Crippen molar-refractivity contribution >= 4 is 22.4 Å². The molecule has 3 aromatic rings. The lowest BCUT2D eigenvalue weighted by atomic mass is 10.1. The van der Waals surface area contributed by atoms with Crippen molar-refractivity contribution in [3.05, 3.63) is 29.7 Å². The SMILES string of the molecule is Cc1nnc2c(C(N)CCCN)nc3cc(N4CCOCC4)ccc3n12. The number of aryl methyl sites for hydroxylation is 1. The molecule has 1 fully saturated rings. The van der Waals surface area contributed by atoms with E-state index in [0.29, 0.717) is 6.54 Å². The van der Waals surface area contributed by atoms with E-state index in [0.717, 1.165) is 73.0 Å². The van der Waals surface area contributed by atoms with Gasteiger partial charge in [-0.1, -0.05) is 0 Å². The summed E-state index contributed by atoms with van der Waals surface area (Å²) in [6.07, 6.45) is 1.63. The first-order chi connectivity index (χ1) is 12.7. The molecule has 0 aliphatic carbocycles. The van der Waals surface area contributed by atoms with E-state index in [4.69, 9.17) is 21.2 Å². The van der Waals surface area contributed by atoms with E-state index in [9.17, 15) is 0 Å². The second kappa shape index (κ2) is 7.14. The first-order valence-electron chi connectivity index (χ1n) is 9.13. The van der Waals surface area contributed by atoms with Gasteiger partial charge < -0.3 is 21.1 Å². The molecule has 3 heterocycles. The smallest absolute Gasteiger partial charge is 0.184 e. The van der Waals surface area contributed by atoms with Gasteiger partial charge in [-0.05, 0) is 44.5 Å². The number of ether oxygens (including phenoxy) is 1. The molecule has 26 heavy (non-hydrogen) atoms.